The van der Waals surface area contributed by atoms with Gasteiger partial charge in [0.1, 0.15) is 30.1 Å². The maximum Gasteiger partial charge on any atom is 0.223 e. The van der Waals surface area contributed by atoms with Crippen LogP contribution in [0.2, 0.25) is 0 Å². The highest BCUT2D eigenvalue weighted by atomic mass is 16.8. The summed E-state index contributed by atoms with van der Waals surface area (Å²) in [5, 5.41) is 13.5. The molecule has 2 N–H and O–H groups in total. The van der Waals surface area contributed by atoms with Gasteiger partial charge in [-0.05, 0) is 32.9 Å². The van der Waals surface area contributed by atoms with E-state index >= 15 is 0 Å². The Kier molecular flexibility index (Phi) is 5.53. The van der Waals surface area contributed by atoms with Gasteiger partial charge in [-0.1, -0.05) is 12.1 Å². The number of benzene rings is 1. The standard InChI is InChI=1S/C19H25NO7/c1-10(21)12-7-5-6-8-13(12)25-18-15(20-11(2)22)16(23)17-14(26-18)9-24-19(3,4)27-17/h5-8,14-18,23H,9H2,1-4H3,(H,20,22). The van der Waals surface area contributed by atoms with Gasteiger partial charge in [-0.15, -0.1) is 0 Å². The van der Waals surface area contributed by atoms with E-state index in [0.717, 1.165) is 0 Å². The van der Waals surface area contributed by atoms with Crippen molar-refractivity contribution >= 4 is 11.7 Å². The minimum absolute atomic E-state index is 0.165. The highest BCUT2D eigenvalue weighted by Gasteiger charge is 2.52. The van der Waals surface area contributed by atoms with Gasteiger partial charge < -0.3 is 29.4 Å². The van der Waals surface area contributed by atoms with Crippen LogP contribution in [-0.4, -0.2) is 59.8 Å². The lowest BCUT2D eigenvalue weighted by Crippen LogP contribution is -2.69. The van der Waals surface area contributed by atoms with Gasteiger partial charge in [0.15, 0.2) is 11.6 Å². The van der Waals surface area contributed by atoms with E-state index in [1.807, 2.05) is 0 Å². The zero-order valence-electron chi connectivity index (χ0n) is 15.8. The van der Waals surface area contributed by atoms with Crippen LogP contribution in [0.25, 0.3) is 0 Å². The molecule has 1 aromatic carbocycles. The molecule has 2 aliphatic rings. The summed E-state index contributed by atoms with van der Waals surface area (Å²) in [6.07, 6.45) is -3.36. The van der Waals surface area contributed by atoms with Crippen LogP contribution in [0.3, 0.4) is 0 Å². The van der Waals surface area contributed by atoms with Gasteiger partial charge in [0.05, 0.1) is 12.2 Å². The summed E-state index contributed by atoms with van der Waals surface area (Å²) in [6, 6.07) is 5.86. The Bertz CT molecular complexity index is 720. The molecule has 0 spiro atoms. The molecule has 2 fully saturated rings. The number of Topliss-reactive ketones (excluding diaryl/α,β-unsaturated/α-hetero) is 1. The molecule has 0 saturated carbocycles. The van der Waals surface area contributed by atoms with Gasteiger partial charge in [0.25, 0.3) is 0 Å². The van der Waals surface area contributed by atoms with E-state index in [-0.39, 0.29) is 18.3 Å². The number of hydrogen-bond donors (Lipinski definition) is 2. The number of ether oxygens (including phenoxy) is 4. The van der Waals surface area contributed by atoms with Crippen LogP contribution in [0.1, 0.15) is 38.1 Å². The average molecular weight is 379 g/mol. The number of rotatable bonds is 4. The summed E-state index contributed by atoms with van der Waals surface area (Å²) >= 11 is 0. The van der Waals surface area contributed by atoms with Gasteiger partial charge >= 0.3 is 0 Å². The number of amides is 1. The van der Waals surface area contributed by atoms with Crippen molar-refractivity contribution in [3.63, 3.8) is 0 Å². The Labute approximate surface area is 157 Å². The molecular formula is C19H25NO7. The molecule has 148 valence electrons. The van der Waals surface area contributed by atoms with E-state index in [0.29, 0.717) is 11.3 Å². The molecule has 0 aromatic heterocycles. The Balaban J connectivity index is 1.87. The first-order valence-electron chi connectivity index (χ1n) is 8.87. The lowest BCUT2D eigenvalue weighted by atomic mass is 9.95. The first kappa shape index (κ1) is 19.8. The first-order chi connectivity index (χ1) is 12.7. The summed E-state index contributed by atoms with van der Waals surface area (Å²) < 4.78 is 23.3. The predicted octanol–water partition coefficient (Wildman–Crippen LogP) is 1.01. The molecule has 0 bridgehead atoms. The van der Waals surface area contributed by atoms with Crippen molar-refractivity contribution in [1.82, 2.24) is 5.32 Å². The first-order valence-corrected chi connectivity index (χ1v) is 8.87. The maximum atomic E-state index is 11.9. The summed E-state index contributed by atoms with van der Waals surface area (Å²) in [6.45, 7) is 6.47. The molecule has 5 atom stereocenters. The molecule has 27 heavy (non-hydrogen) atoms. The second kappa shape index (κ2) is 7.55. The van der Waals surface area contributed by atoms with E-state index in [4.69, 9.17) is 18.9 Å². The number of aliphatic hydroxyl groups is 1. The third-order valence-corrected chi connectivity index (χ3v) is 4.57. The number of carbonyl (C=O) groups excluding carboxylic acids is 2. The highest BCUT2D eigenvalue weighted by molar-refractivity contribution is 5.96. The van der Waals surface area contributed by atoms with Crippen molar-refractivity contribution in [3.8, 4) is 5.75 Å². The van der Waals surface area contributed by atoms with Crippen molar-refractivity contribution in [2.75, 3.05) is 6.61 Å². The van der Waals surface area contributed by atoms with Crippen LogP contribution in [0.5, 0.6) is 5.75 Å². The third kappa shape index (κ3) is 4.30. The van der Waals surface area contributed by atoms with Crippen LogP contribution >= 0.6 is 0 Å². The third-order valence-electron chi connectivity index (χ3n) is 4.57. The van der Waals surface area contributed by atoms with E-state index < -0.39 is 36.4 Å². The summed E-state index contributed by atoms with van der Waals surface area (Å²) in [5.74, 6) is -1.07. The lowest BCUT2D eigenvalue weighted by Gasteiger charge is -2.49. The fraction of sp³-hybridized carbons (Fsp3) is 0.579. The van der Waals surface area contributed by atoms with E-state index in [9.17, 15) is 14.7 Å². The fourth-order valence-corrected chi connectivity index (χ4v) is 3.32. The van der Waals surface area contributed by atoms with Gasteiger partial charge in [-0.2, -0.15) is 0 Å². The molecule has 8 nitrogen and oxygen atoms in total. The van der Waals surface area contributed by atoms with Crippen molar-refractivity contribution < 1.29 is 33.6 Å². The number of fused-ring (bicyclic) bond motifs is 1. The number of ketones is 1. The molecule has 5 unspecified atom stereocenters. The van der Waals surface area contributed by atoms with E-state index in [1.165, 1.54) is 13.8 Å². The van der Waals surface area contributed by atoms with Crippen molar-refractivity contribution in [3.05, 3.63) is 29.8 Å². The van der Waals surface area contributed by atoms with Crippen molar-refractivity contribution in [2.24, 2.45) is 0 Å². The smallest absolute Gasteiger partial charge is 0.223 e. The number of aliphatic hydroxyl groups excluding tert-OH is 1. The summed E-state index contributed by atoms with van der Waals surface area (Å²) in [5.41, 5.74) is 0.386. The van der Waals surface area contributed by atoms with Crippen LogP contribution in [0, 0.1) is 0 Å². The number of hydrogen-bond acceptors (Lipinski definition) is 7. The lowest BCUT2D eigenvalue weighted by molar-refractivity contribution is -0.361. The van der Waals surface area contributed by atoms with Crippen molar-refractivity contribution in [2.45, 2.75) is 64.1 Å². The molecule has 0 aliphatic carbocycles. The van der Waals surface area contributed by atoms with E-state index in [1.54, 1.807) is 38.1 Å². The molecule has 2 aliphatic heterocycles. The van der Waals surface area contributed by atoms with Crippen LogP contribution in [0.4, 0.5) is 0 Å². The van der Waals surface area contributed by atoms with Crippen molar-refractivity contribution in [1.29, 1.82) is 0 Å². The Morgan fingerprint density at radius 1 is 1.26 bits per heavy atom. The maximum absolute atomic E-state index is 11.9. The molecule has 0 radical (unpaired) electrons. The minimum Gasteiger partial charge on any atom is -0.462 e. The zero-order valence-corrected chi connectivity index (χ0v) is 15.8. The van der Waals surface area contributed by atoms with Gasteiger partial charge in [0.2, 0.25) is 12.2 Å². The topological polar surface area (TPSA) is 103 Å². The molecule has 8 heteroatoms. The Morgan fingerprint density at radius 2 is 1.96 bits per heavy atom. The van der Waals surface area contributed by atoms with Crippen LogP contribution in [-0.2, 0) is 19.0 Å². The molecule has 2 saturated heterocycles. The van der Waals surface area contributed by atoms with E-state index in [2.05, 4.69) is 5.32 Å². The van der Waals surface area contributed by atoms with Gasteiger partial charge in [-0.25, -0.2) is 0 Å². The predicted molar refractivity (Wildman–Crippen MR) is 94.3 cm³/mol. The summed E-state index contributed by atoms with van der Waals surface area (Å²) in [7, 11) is 0. The second-order valence-electron chi connectivity index (χ2n) is 7.22. The fourth-order valence-electron chi connectivity index (χ4n) is 3.32. The molecule has 2 heterocycles. The monoisotopic (exact) mass is 379 g/mol. The molecule has 1 amide bonds. The van der Waals surface area contributed by atoms with Crippen LogP contribution < -0.4 is 10.1 Å². The molecule has 1 aromatic rings. The average Bonchev–Trinajstić information content (AvgIpc) is 2.59. The largest absolute Gasteiger partial charge is 0.462 e. The SMILES string of the molecule is CC(=O)NC1C(Oc2ccccc2C(C)=O)OC2COC(C)(C)OC2C1O. The minimum atomic E-state index is -1.08. The number of nitrogens with one attached hydrogen (secondary N) is 1. The zero-order chi connectivity index (χ0) is 19.8. The Hall–Kier alpha value is -2.00. The van der Waals surface area contributed by atoms with Gasteiger partial charge in [-0.3, -0.25) is 9.59 Å². The van der Waals surface area contributed by atoms with Crippen LogP contribution in [0.15, 0.2) is 24.3 Å². The Morgan fingerprint density at radius 3 is 2.63 bits per heavy atom. The quantitative estimate of drug-likeness (QED) is 0.753. The number of para-hydroxylation sites is 1. The summed E-state index contributed by atoms with van der Waals surface area (Å²) in [4.78, 5) is 23.5. The molecule has 3 rings (SSSR count). The highest BCUT2D eigenvalue weighted by Crippen LogP contribution is 2.33. The number of carbonyl (C=O) groups is 2. The normalized spacial score (nSPS) is 32.3. The van der Waals surface area contributed by atoms with Gasteiger partial charge in [0, 0.05) is 6.92 Å². The molecular weight excluding hydrogens is 354 g/mol. The second-order valence-corrected chi connectivity index (χ2v) is 7.22.